The zero-order valence-corrected chi connectivity index (χ0v) is 13.2. The predicted molar refractivity (Wildman–Crippen MR) is 82.4 cm³/mol. The molecule has 0 saturated heterocycles. The van der Waals surface area contributed by atoms with Crippen LogP contribution in [-0.2, 0) is 11.2 Å². The monoisotopic (exact) mass is 333 g/mol. The number of aliphatic carboxylic acids is 1. The van der Waals surface area contributed by atoms with E-state index in [1.807, 2.05) is 6.92 Å². The van der Waals surface area contributed by atoms with Crippen molar-refractivity contribution in [2.75, 3.05) is 0 Å². The highest BCUT2D eigenvalue weighted by Gasteiger charge is 2.12. The summed E-state index contributed by atoms with van der Waals surface area (Å²) < 4.78 is 0. The van der Waals surface area contributed by atoms with E-state index in [0.717, 1.165) is 11.8 Å². The number of carbonyl (C=O) groups is 1. The number of carboxylic acid groups (broad SMARTS) is 1. The maximum Gasteiger partial charge on any atom is 0.272 e. The van der Waals surface area contributed by atoms with Crippen LogP contribution in [-0.4, -0.2) is 26.1 Å². The number of nitrogens with one attached hydrogen (secondary N) is 1. The molecule has 23 heavy (non-hydrogen) atoms. The first kappa shape index (κ1) is 16.7. The van der Waals surface area contributed by atoms with E-state index in [0.29, 0.717) is 23.4 Å². The van der Waals surface area contributed by atoms with Gasteiger partial charge < -0.3 is 9.90 Å². The highest BCUT2D eigenvalue weighted by Crippen LogP contribution is 2.27. The number of hydrogen-bond donors (Lipinski definition) is 1. The van der Waals surface area contributed by atoms with Gasteiger partial charge in [-0.15, -0.1) is 5.10 Å². The Morgan fingerprint density at radius 2 is 2.22 bits per heavy atom. The van der Waals surface area contributed by atoms with Crippen molar-refractivity contribution in [1.82, 2.24) is 15.2 Å². The smallest absolute Gasteiger partial charge is 0.272 e. The molecule has 0 unspecified atom stereocenters. The minimum atomic E-state index is -1.40. The first-order chi connectivity index (χ1) is 10.9. The van der Waals surface area contributed by atoms with Crippen LogP contribution >= 0.6 is 11.8 Å². The fraction of sp³-hybridized carbons (Fsp3) is 0.214. The summed E-state index contributed by atoms with van der Waals surface area (Å²) in [7, 11) is 0. The second-order valence-corrected chi connectivity index (χ2v) is 5.63. The number of thioether (sulfide) groups is 1. The van der Waals surface area contributed by atoms with Gasteiger partial charge in [0.05, 0.1) is 10.9 Å². The molecule has 1 N–H and O–H groups in total. The number of H-pyrrole nitrogens is 1. The Balaban J connectivity index is 2.33. The lowest BCUT2D eigenvalue weighted by Gasteiger charge is -2.06. The Morgan fingerprint density at radius 3 is 2.78 bits per heavy atom. The fourth-order valence-corrected chi connectivity index (χ4v) is 2.50. The third kappa shape index (κ3) is 4.16. The van der Waals surface area contributed by atoms with Gasteiger partial charge in [0.1, 0.15) is 5.82 Å². The number of rotatable bonds is 6. The molecule has 120 valence electrons. The molecule has 9 heteroatoms. The van der Waals surface area contributed by atoms with E-state index in [1.54, 1.807) is 19.1 Å². The average Bonchev–Trinajstić information content (AvgIpc) is 2.95. The van der Waals surface area contributed by atoms with E-state index in [1.165, 1.54) is 12.1 Å². The van der Waals surface area contributed by atoms with E-state index in [9.17, 15) is 20.0 Å². The number of nitrogens with zero attached hydrogens (tertiary/aromatic N) is 3. The van der Waals surface area contributed by atoms with Gasteiger partial charge in [0, 0.05) is 23.0 Å². The van der Waals surface area contributed by atoms with Crippen molar-refractivity contribution in [2.45, 2.75) is 25.4 Å². The van der Waals surface area contributed by atoms with Crippen molar-refractivity contribution in [3.8, 4) is 0 Å². The second-order valence-electron chi connectivity index (χ2n) is 4.62. The number of aromatic amines is 1. The molecule has 0 aliphatic rings. The number of nitro benzene ring substituents is 1. The summed E-state index contributed by atoms with van der Waals surface area (Å²) in [6.07, 6.45) is 1.94. The first-order valence-electron chi connectivity index (χ1n) is 6.68. The molecule has 0 aliphatic heterocycles. The molecule has 0 amide bonds. The van der Waals surface area contributed by atoms with Crippen molar-refractivity contribution in [3.05, 3.63) is 50.2 Å². The normalized spacial score (nSPS) is 11.5. The Labute approximate surface area is 135 Å². The van der Waals surface area contributed by atoms with Gasteiger partial charge >= 0.3 is 0 Å². The lowest BCUT2D eigenvalue weighted by Crippen LogP contribution is -2.23. The molecule has 1 aromatic heterocycles. The van der Waals surface area contributed by atoms with Crippen molar-refractivity contribution < 1.29 is 14.8 Å². The highest BCUT2D eigenvalue weighted by atomic mass is 32.2. The van der Waals surface area contributed by atoms with Crippen molar-refractivity contribution >= 4 is 29.5 Å². The van der Waals surface area contributed by atoms with Crippen LogP contribution < -0.4 is 5.11 Å². The quantitative estimate of drug-likeness (QED) is 0.367. The summed E-state index contributed by atoms with van der Waals surface area (Å²) in [5.74, 6) is -0.766. The zero-order valence-electron chi connectivity index (χ0n) is 12.4. The maximum absolute atomic E-state index is 11.3. The summed E-state index contributed by atoms with van der Waals surface area (Å²) in [4.78, 5) is 25.7. The van der Waals surface area contributed by atoms with Crippen molar-refractivity contribution in [2.24, 2.45) is 0 Å². The van der Waals surface area contributed by atoms with Crippen LogP contribution in [0.1, 0.15) is 23.9 Å². The molecule has 0 radical (unpaired) electrons. The Bertz CT molecular complexity index is 785. The molecule has 8 nitrogen and oxygen atoms in total. The van der Waals surface area contributed by atoms with E-state index in [-0.39, 0.29) is 15.7 Å². The molecule has 0 saturated carbocycles. The minimum absolute atomic E-state index is 0.0763. The molecule has 0 atom stereocenters. The molecule has 1 aromatic carbocycles. The van der Waals surface area contributed by atoms with Crippen molar-refractivity contribution in [3.63, 3.8) is 0 Å². The first-order valence-corrected chi connectivity index (χ1v) is 7.49. The van der Waals surface area contributed by atoms with Gasteiger partial charge in [-0.25, -0.2) is 4.98 Å². The van der Waals surface area contributed by atoms with Gasteiger partial charge in [0.2, 0.25) is 5.16 Å². The minimum Gasteiger partial charge on any atom is -0.544 e. The van der Waals surface area contributed by atoms with Crippen LogP contribution in [0.5, 0.6) is 0 Å². The maximum atomic E-state index is 11.3. The van der Waals surface area contributed by atoms with E-state index < -0.39 is 10.9 Å². The predicted octanol–water partition coefficient (Wildman–Crippen LogP) is 1.47. The number of aromatic nitrogens is 3. The number of benzene rings is 1. The summed E-state index contributed by atoms with van der Waals surface area (Å²) in [5, 5.41) is 29.0. The molecule has 0 fully saturated rings. The third-order valence-electron chi connectivity index (χ3n) is 2.98. The number of carboxylic acids is 1. The SMILES string of the molecule is CCc1nc(SC(=Cc2ccc(C)c([N+](=O)[O-])c2)C(=O)[O-])n[nH]1. The highest BCUT2D eigenvalue weighted by molar-refractivity contribution is 8.04. The van der Waals surface area contributed by atoms with Crippen LogP contribution in [0.2, 0.25) is 0 Å². The van der Waals surface area contributed by atoms with Crippen LogP contribution in [0.25, 0.3) is 6.08 Å². The van der Waals surface area contributed by atoms with Gasteiger partial charge in [-0.2, -0.15) is 0 Å². The molecule has 0 bridgehead atoms. The molecule has 0 aliphatic carbocycles. The van der Waals surface area contributed by atoms with E-state index in [4.69, 9.17) is 0 Å². The Kier molecular flexibility index (Phi) is 5.12. The van der Waals surface area contributed by atoms with Gasteiger partial charge in [0.25, 0.3) is 5.69 Å². The van der Waals surface area contributed by atoms with Gasteiger partial charge in [0.15, 0.2) is 0 Å². The zero-order chi connectivity index (χ0) is 17.0. The van der Waals surface area contributed by atoms with E-state index in [2.05, 4.69) is 15.2 Å². The average molecular weight is 333 g/mol. The lowest BCUT2D eigenvalue weighted by molar-refractivity contribution is -0.385. The summed E-state index contributed by atoms with van der Waals surface area (Å²) >= 11 is 0.822. The standard InChI is InChI=1S/C14H14N4O4S/c1-3-12-15-14(17-16-12)23-11(13(19)20)7-9-5-4-8(2)10(6-9)18(21)22/h4-7H,3H2,1-2H3,(H,19,20)(H,15,16,17)/p-1. The third-order valence-corrected chi connectivity index (χ3v) is 3.85. The van der Waals surface area contributed by atoms with Gasteiger partial charge in [-0.1, -0.05) is 19.1 Å². The molecular formula is C14H13N4O4S-. The fourth-order valence-electron chi connectivity index (χ4n) is 1.77. The molecule has 1 heterocycles. The molecular weight excluding hydrogens is 320 g/mol. The number of nitro groups is 1. The molecule has 2 aromatic rings. The van der Waals surface area contributed by atoms with E-state index >= 15 is 0 Å². The van der Waals surface area contributed by atoms with Crippen molar-refractivity contribution in [1.29, 1.82) is 0 Å². The van der Waals surface area contributed by atoms with Crippen LogP contribution in [0, 0.1) is 17.0 Å². The number of hydrogen-bond acceptors (Lipinski definition) is 7. The Morgan fingerprint density at radius 1 is 1.48 bits per heavy atom. The largest absolute Gasteiger partial charge is 0.544 e. The summed E-state index contributed by atoms with van der Waals surface area (Å²) in [5.41, 5.74) is 0.809. The summed E-state index contributed by atoms with van der Waals surface area (Å²) in [6.45, 7) is 3.50. The second kappa shape index (κ2) is 7.05. The number of carbonyl (C=O) groups excluding carboxylic acids is 1. The van der Waals surface area contributed by atoms with Gasteiger partial charge in [-0.3, -0.25) is 15.2 Å². The van der Waals surface area contributed by atoms with Gasteiger partial charge in [-0.05, 0) is 30.3 Å². The molecule has 0 spiro atoms. The summed E-state index contributed by atoms with van der Waals surface area (Å²) in [6, 6.07) is 4.47. The topological polar surface area (TPSA) is 125 Å². The van der Waals surface area contributed by atoms with Crippen LogP contribution in [0.15, 0.2) is 28.3 Å². The van der Waals surface area contributed by atoms with Crippen LogP contribution in [0.4, 0.5) is 5.69 Å². The molecule has 2 rings (SSSR count). The lowest BCUT2D eigenvalue weighted by atomic mass is 10.1. The number of aryl methyl sites for hydroxylation is 2. The van der Waals surface area contributed by atoms with Crippen LogP contribution in [0.3, 0.4) is 0 Å². The Hall–Kier alpha value is -2.68.